The monoisotopic (exact) mass is 355 g/mol. The Balaban J connectivity index is 1.64. The zero-order chi connectivity index (χ0) is 17.4. The van der Waals surface area contributed by atoms with Crippen molar-refractivity contribution < 1.29 is 13.9 Å². The van der Waals surface area contributed by atoms with E-state index in [9.17, 15) is 9.90 Å². The standard InChI is InChI=1S/C17H13N3O4S/c1-20-16(13-3-2-6-23-13)18-19-17(20)25-9-10-7-15(22)24-14-8-11(21)4-5-12(10)14/h2-8,21H,9H2,1H3. The maximum absolute atomic E-state index is 11.8. The summed E-state index contributed by atoms with van der Waals surface area (Å²) in [4.78, 5) is 11.8. The first-order chi connectivity index (χ1) is 12.1. The van der Waals surface area contributed by atoms with Crippen molar-refractivity contribution in [2.45, 2.75) is 10.9 Å². The third-order valence-electron chi connectivity index (χ3n) is 3.75. The van der Waals surface area contributed by atoms with Crippen molar-refractivity contribution in [2.24, 2.45) is 7.05 Å². The van der Waals surface area contributed by atoms with Crippen LogP contribution in [0.15, 0.2) is 61.4 Å². The van der Waals surface area contributed by atoms with Crippen molar-refractivity contribution in [1.82, 2.24) is 14.8 Å². The number of rotatable bonds is 4. The van der Waals surface area contributed by atoms with Gasteiger partial charge >= 0.3 is 5.63 Å². The quantitative estimate of drug-likeness (QED) is 0.444. The topological polar surface area (TPSA) is 94.3 Å². The molecule has 3 aromatic heterocycles. The predicted molar refractivity (Wildman–Crippen MR) is 92.4 cm³/mol. The maximum atomic E-state index is 11.8. The van der Waals surface area contributed by atoms with Gasteiger partial charge in [0.05, 0.1) is 6.26 Å². The van der Waals surface area contributed by atoms with Gasteiger partial charge < -0.3 is 18.5 Å². The Hall–Kier alpha value is -3.00. The Morgan fingerprint density at radius 2 is 2.12 bits per heavy atom. The molecule has 0 aliphatic heterocycles. The van der Waals surface area contributed by atoms with Crippen LogP contribution in [0.3, 0.4) is 0 Å². The van der Waals surface area contributed by atoms with E-state index in [1.54, 1.807) is 24.5 Å². The van der Waals surface area contributed by atoms with Crippen LogP contribution in [0.25, 0.3) is 22.6 Å². The SMILES string of the molecule is Cn1c(SCc2cc(=O)oc3cc(O)ccc23)nnc1-c1ccco1. The van der Waals surface area contributed by atoms with Gasteiger partial charge in [-0.2, -0.15) is 0 Å². The first-order valence-electron chi connectivity index (χ1n) is 7.43. The molecule has 0 atom stereocenters. The minimum atomic E-state index is -0.456. The van der Waals surface area contributed by atoms with Crippen LogP contribution in [-0.2, 0) is 12.8 Å². The van der Waals surface area contributed by atoms with Crippen molar-refractivity contribution in [3.8, 4) is 17.3 Å². The van der Waals surface area contributed by atoms with Gasteiger partial charge in [0.1, 0.15) is 11.3 Å². The predicted octanol–water partition coefficient (Wildman–Crippen LogP) is 3.18. The molecule has 0 spiro atoms. The molecule has 0 unspecified atom stereocenters. The minimum Gasteiger partial charge on any atom is -0.508 e. The van der Waals surface area contributed by atoms with Gasteiger partial charge in [0.2, 0.25) is 0 Å². The number of phenols is 1. The third-order valence-corrected chi connectivity index (χ3v) is 4.82. The van der Waals surface area contributed by atoms with Crippen LogP contribution in [0.1, 0.15) is 5.56 Å². The second-order valence-electron chi connectivity index (χ2n) is 5.40. The number of phenolic OH excluding ortho intramolecular Hbond substituents is 1. The largest absolute Gasteiger partial charge is 0.508 e. The molecule has 8 heteroatoms. The molecular weight excluding hydrogens is 342 g/mol. The Morgan fingerprint density at radius 3 is 2.92 bits per heavy atom. The van der Waals surface area contributed by atoms with Crippen LogP contribution in [0.2, 0.25) is 0 Å². The molecule has 0 fully saturated rings. The Kier molecular flexibility index (Phi) is 3.81. The van der Waals surface area contributed by atoms with Gasteiger partial charge in [-0.25, -0.2) is 4.79 Å². The molecule has 0 amide bonds. The number of fused-ring (bicyclic) bond motifs is 1. The van der Waals surface area contributed by atoms with E-state index >= 15 is 0 Å². The highest BCUT2D eigenvalue weighted by Gasteiger charge is 2.14. The summed E-state index contributed by atoms with van der Waals surface area (Å²) in [6, 6.07) is 9.79. The number of nitrogens with zero attached hydrogens (tertiary/aromatic N) is 3. The van der Waals surface area contributed by atoms with Gasteiger partial charge in [-0.1, -0.05) is 11.8 Å². The van der Waals surface area contributed by atoms with Gasteiger partial charge in [-0.05, 0) is 29.8 Å². The zero-order valence-corrected chi connectivity index (χ0v) is 14.0. The van der Waals surface area contributed by atoms with Crippen molar-refractivity contribution in [3.63, 3.8) is 0 Å². The second-order valence-corrected chi connectivity index (χ2v) is 6.34. The molecule has 0 aliphatic carbocycles. The van der Waals surface area contributed by atoms with E-state index in [-0.39, 0.29) is 5.75 Å². The fourth-order valence-corrected chi connectivity index (χ4v) is 3.44. The van der Waals surface area contributed by atoms with E-state index in [0.717, 1.165) is 10.9 Å². The highest BCUT2D eigenvalue weighted by atomic mass is 32.2. The number of hydrogen-bond acceptors (Lipinski definition) is 7. The summed E-state index contributed by atoms with van der Waals surface area (Å²) in [5, 5.41) is 19.4. The lowest BCUT2D eigenvalue weighted by Crippen LogP contribution is -2.00. The molecule has 25 heavy (non-hydrogen) atoms. The summed E-state index contributed by atoms with van der Waals surface area (Å²) >= 11 is 1.45. The maximum Gasteiger partial charge on any atom is 0.336 e. The summed E-state index contributed by atoms with van der Waals surface area (Å²) in [6.45, 7) is 0. The zero-order valence-electron chi connectivity index (χ0n) is 13.2. The van der Waals surface area contributed by atoms with Crippen molar-refractivity contribution in [1.29, 1.82) is 0 Å². The Labute approximate surface area is 145 Å². The fraction of sp³-hybridized carbons (Fsp3) is 0.118. The number of aromatic nitrogens is 3. The molecule has 1 aromatic carbocycles. The first-order valence-corrected chi connectivity index (χ1v) is 8.42. The molecular formula is C17H13N3O4S. The molecule has 0 aliphatic rings. The molecule has 4 aromatic rings. The van der Waals surface area contributed by atoms with Crippen LogP contribution in [0, 0.1) is 0 Å². The molecule has 1 N–H and O–H groups in total. The summed E-state index contributed by atoms with van der Waals surface area (Å²) in [5.74, 6) is 1.84. The molecule has 7 nitrogen and oxygen atoms in total. The fourth-order valence-electron chi connectivity index (χ4n) is 2.54. The highest BCUT2D eigenvalue weighted by Crippen LogP contribution is 2.29. The Bertz CT molecular complexity index is 1100. The number of thioether (sulfide) groups is 1. The smallest absolute Gasteiger partial charge is 0.336 e. The minimum absolute atomic E-state index is 0.0526. The molecule has 0 saturated heterocycles. The van der Waals surface area contributed by atoms with Gasteiger partial charge in [-0.3, -0.25) is 0 Å². The summed E-state index contributed by atoms with van der Waals surface area (Å²) in [7, 11) is 1.86. The average Bonchev–Trinajstić information content (AvgIpc) is 3.21. The summed E-state index contributed by atoms with van der Waals surface area (Å²) < 4.78 is 12.3. The summed E-state index contributed by atoms with van der Waals surface area (Å²) in [6.07, 6.45) is 1.58. The molecule has 0 radical (unpaired) electrons. The third kappa shape index (κ3) is 2.91. The normalized spacial score (nSPS) is 11.2. The summed E-state index contributed by atoms with van der Waals surface area (Å²) in [5.41, 5.74) is 0.707. The van der Waals surface area contributed by atoms with Crippen LogP contribution < -0.4 is 5.63 Å². The second kappa shape index (κ2) is 6.14. The molecule has 0 bridgehead atoms. The van der Waals surface area contributed by atoms with Crippen molar-refractivity contribution in [2.75, 3.05) is 0 Å². The van der Waals surface area contributed by atoms with Gasteiger partial charge in [0, 0.05) is 30.3 Å². The molecule has 0 saturated carbocycles. The van der Waals surface area contributed by atoms with Crippen LogP contribution >= 0.6 is 11.8 Å². The molecule has 126 valence electrons. The first kappa shape index (κ1) is 15.5. The lowest BCUT2D eigenvalue weighted by Gasteiger charge is -2.06. The van der Waals surface area contributed by atoms with E-state index in [1.165, 1.54) is 23.9 Å². The van der Waals surface area contributed by atoms with E-state index in [1.807, 2.05) is 17.7 Å². The number of furan rings is 1. The van der Waals surface area contributed by atoms with Gasteiger partial charge in [-0.15, -0.1) is 10.2 Å². The van der Waals surface area contributed by atoms with E-state index in [0.29, 0.717) is 28.1 Å². The Morgan fingerprint density at radius 1 is 1.24 bits per heavy atom. The van der Waals surface area contributed by atoms with Crippen LogP contribution in [-0.4, -0.2) is 19.9 Å². The van der Waals surface area contributed by atoms with Gasteiger partial charge in [0.15, 0.2) is 16.7 Å². The number of benzene rings is 1. The van der Waals surface area contributed by atoms with Crippen LogP contribution in [0.4, 0.5) is 0 Å². The van der Waals surface area contributed by atoms with Crippen LogP contribution in [0.5, 0.6) is 5.75 Å². The number of hydrogen-bond donors (Lipinski definition) is 1. The van der Waals surface area contributed by atoms with E-state index < -0.39 is 5.63 Å². The van der Waals surface area contributed by atoms with E-state index in [4.69, 9.17) is 8.83 Å². The molecule has 3 heterocycles. The number of aromatic hydroxyl groups is 1. The van der Waals surface area contributed by atoms with Crippen molar-refractivity contribution >= 4 is 22.7 Å². The van der Waals surface area contributed by atoms with E-state index in [2.05, 4.69) is 10.2 Å². The lowest BCUT2D eigenvalue weighted by atomic mass is 10.1. The average molecular weight is 355 g/mol. The lowest BCUT2D eigenvalue weighted by molar-refractivity contribution is 0.473. The van der Waals surface area contributed by atoms with Gasteiger partial charge in [0.25, 0.3) is 0 Å². The van der Waals surface area contributed by atoms with Crippen molar-refractivity contribution in [3.05, 3.63) is 58.6 Å². The molecule has 4 rings (SSSR count). The highest BCUT2D eigenvalue weighted by molar-refractivity contribution is 7.98.